The third-order valence-electron chi connectivity index (χ3n) is 3.45. The first-order chi connectivity index (χ1) is 9.24. The number of hydrogen-bond donors (Lipinski definition) is 1. The van der Waals surface area contributed by atoms with Crippen LogP contribution >= 0.6 is 0 Å². The Balaban J connectivity index is 3.03. The number of hydrogen-bond acceptors (Lipinski definition) is 3. The Bertz CT molecular complexity index is 421. The quantitative estimate of drug-likeness (QED) is 0.856. The maximum Gasteiger partial charge on any atom is 0.214 e. The highest BCUT2D eigenvalue weighted by atomic mass is 16.5. The molecule has 0 spiro atoms. The van der Waals surface area contributed by atoms with E-state index >= 15 is 0 Å². The Morgan fingerprint density at radius 3 is 2.35 bits per heavy atom. The van der Waals surface area contributed by atoms with Gasteiger partial charge in [-0.3, -0.25) is 0 Å². The lowest BCUT2D eigenvalue weighted by Gasteiger charge is -2.22. The van der Waals surface area contributed by atoms with E-state index < -0.39 is 0 Å². The zero-order chi connectivity index (χ0) is 15.3. The van der Waals surface area contributed by atoms with Gasteiger partial charge in [0.05, 0.1) is 11.8 Å². The predicted molar refractivity (Wildman–Crippen MR) is 85.2 cm³/mol. The summed E-state index contributed by atoms with van der Waals surface area (Å²) >= 11 is 0. The molecule has 1 N–H and O–H groups in total. The molecule has 1 rings (SSSR count). The molecule has 1 aromatic heterocycles. The molecule has 3 heteroatoms. The first-order valence-corrected chi connectivity index (χ1v) is 7.62. The topological polar surface area (TPSA) is 34.1 Å². The molecule has 0 bridgehead atoms. The van der Waals surface area contributed by atoms with E-state index in [2.05, 4.69) is 70.9 Å². The third kappa shape index (κ3) is 5.12. The maximum atomic E-state index is 5.99. The Kier molecular flexibility index (Phi) is 6.00. The normalized spacial score (nSPS) is 13.6. The first-order valence-electron chi connectivity index (χ1n) is 7.62. The van der Waals surface area contributed by atoms with Crippen LogP contribution in [0.5, 0.6) is 5.88 Å². The summed E-state index contributed by atoms with van der Waals surface area (Å²) in [6, 6.07) is 4.23. The van der Waals surface area contributed by atoms with Gasteiger partial charge < -0.3 is 10.1 Å². The summed E-state index contributed by atoms with van der Waals surface area (Å²) in [4.78, 5) is 4.69. The first kappa shape index (κ1) is 17.0. The van der Waals surface area contributed by atoms with Crippen molar-refractivity contribution in [3.63, 3.8) is 0 Å². The van der Waals surface area contributed by atoms with Gasteiger partial charge >= 0.3 is 0 Å². The SMILES string of the molecule is CCNCc1cc(OC(C)C(C)C)nc(C(C)(C)C)c1. The van der Waals surface area contributed by atoms with E-state index in [9.17, 15) is 0 Å². The van der Waals surface area contributed by atoms with Crippen LogP contribution in [0.3, 0.4) is 0 Å². The van der Waals surface area contributed by atoms with Crippen molar-refractivity contribution in [1.29, 1.82) is 0 Å². The molecule has 1 atom stereocenters. The lowest BCUT2D eigenvalue weighted by Crippen LogP contribution is -2.22. The van der Waals surface area contributed by atoms with Crippen molar-refractivity contribution in [2.45, 2.75) is 66.5 Å². The maximum absolute atomic E-state index is 5.99. The van der Waals surface area contributed by atoms with Crippen molar-refractivity contribution < 1.29 is 4.74 Å². The van der Waals surface area contributed by atoms with Crippen molar-refractivity contribution >= 4 is 0 Å². The predicted octanol–water partition coefficient (Wildman–Crippen LogP) is 3.91. The van der Waals surface area contributed by atoms with E-state index in [0.717, 1.165) is 24.7 Å². The van der Waals surface area contributed by atoms with Gasteiger partial charge in [0, 0.05) is 18.0 Å². The van der Waals surface area contributed by atoms with Crippen LogP contribution in [0.25, 0.3) is 0 Å². The molecule has 0 aliphatic heterocycles. The van der Waals surface area contributed by atoms with Crippen molar-refractivity contribution in [2.24, 2.45) is 5.92 Å². The van der Waals surface area contributed by atoms with Crippen LogP contribution in [-0.2, 0) is 12.0 Å². The van der Waals surface area contributed by atoms with Gasteiger partial charge in [-0.25, -0.2) is 4.98 Å². The third-order valence-corrected chi connectivity index (χ3v) is 3.45. The Labute approximate surface area is 124 Å². The second kappa shape index (κ2) is 7.07. The molecular formula is C17H30N2O. The molecule has 0 aliphatic carbocycles. The van der Waals surface area contributed by atoms with Gasteiger partial charge in [0.15, 0.2) is 0 Å². The fourth-order valence-corrected chi connectivity index (χ4v) is 1.70. The summed E-state index contributed by atoms with van der Waals surface area (Å²) < 4.78 is 5.99. The van der Waals surface area contributed by atoms with E-state index in [-0.39, 0.29) is 11.5 Å². The number of ether oxygens (including phenoxy) is 1. The summed E-state index contributed by atoms with van der Waals surface area (Å²) in [7, 11) is 0. The van der Waals surface area contributed by atoms with Crippen molar-refractivity contribution in [3.05, 3.63) is 23.4 Å². The molecule has 20 heavy (non-hydrogen) atoms. The molecule has 0 aliphatic rings. The van der Waals surface area contributed by atoms with Gasteiger partial charge in [-0.15, -0.1) is 0 Å². The zero-order valence-electron chi connectivity index (χ0n) is 14.1. The van der Waals surface area contributed by atoms with Crippen LogP contribution < -0.4 is 10.1 Å². The minimum atomic E-state index is 0.0292. The number of aromatic nitrogens is 1. The van der Waals surface area contributed by atoms with Crippen molar-refractivity contribution in [2.75, 3.05) is 6.54 Å². The molecule has 114 valence electrons. The molecule has 0 saturated carbocycles. The average Bonchev–Trinajstić information content (AvgIpc) is 2.34. The van der Waals surface area contributed by atoms with Crippen LogP contribution in [-0.4, -0.2) is 17.6 Å². The average molecular weight is 278 g/mol. The Morgan fingerprint density at radius 1 is 1.20 bits per heavy atom. The summed E-state index contributed by atoms with van der Waals surface area (Å²) in [6.07, 6.45) is 0.171. The lowest BCUT2D eigenvalue weighted by atomic mass is 9.91. The monoisotopic (exact) mass is 278 g/mol. The molecule has 0 saturated heterocycles. The molecule has 1 aromatic rings. The standard InChI is InChI=1S/C17H30N2O/c1-8-18-11-14-9-15(17(5,6)7)19-16(10-14)20-13(4)12(2)3/h9-10,12-13,18H,8,11H2,1-7H3. The molecular weight excluding hydrogens is 248 g/mol. The molecule has 1 unspecified atom stereocenters. The molecule has 0 fully saturated rings. The molecule has 1 heterocycles. The van der Waals surface area contributed by atoms with Crippen LogP contribution in [0.15, 0.2) is 12.1 Å². The van der Waals surface area contributed by atoms with E-state index in [4.69, 9.17) is 4.74 Å². The summed E-state index contributed by atoms with van der Waals surface area (Å²) in [5.74, 6) is 1.22. The van der Waals surface area contributed by atoms with Crippen molar-refractivity contribution in [3.8, 4) is 5.88 Å². The minimum absolute atomic E-state index is 0.0292. The van der Waals surface area contributed by atoms with Gasteiger partial charge in [0.1, 0.15) is 0 Å². The second-order valence-corrected chi connectivity index (χ2v) is 6.80. The highest BCUT2D eigenvalue weighted by molar-refractivity contribution is 5.28. The summed E-state index contributed by atoms with van der Waals surface area (Å²) in [6.45, 7) is 16.9. The van der Waals surface area contributed by atoms with E-state index in [1.165, 1.54) is 5.56 Å². The van der Waals surface area contributed by atoms with Gasteiger partial charge in [-0.05, 0) is 31.0 Å². The zero-order valence-corrected chi connectivity index (χ0v) is 14.1. The fourth-order valence-electron chi connectivity index (χ4n) is 1.70. The molecule has 0 aromatic carbocycles. The van der Waals surface area contributed by atoms with E-state index in [0.29, 0.717) is 5.92 Å². The largest absolute Gasteiger partial charge is 0.474 e. The van der Waals surface area contributed by atoms with Gasteiger partial charge in [0.25, 0.3) is 0 Å². The molecule has 3 nitrogen and oxygen atoms in total. The second-order valence-electron chi connectivity index (χ2n) is 6.80. The Hall–Kier alpha value is -1.09. The summed E-state index contributed by atoms with van der Waals surface area (Å²) in [5.41, 5.74) is 2.35. The number of nitrogens with zero attached hydrogens (tertiary/aromatic N) is 1. The van der Waals surface area contributed by atoms with Crippen molar-refractivity contribution in [1.82, 2.24) is 10.3 Å². The van der Waals surface area contributed by atoms with E-state index in [1.54, 1.807) is 0 Å². The van der Waals surface area contributed by atoms with Crippen LogP contribution in [0.1, 0.15) is 59.7 Å². The molecule has 0 amide bonds. The van der Waals surface area contributed by atoms with E-state index in [1.807, 2.05) is 0 Å². The molecule has 0 radical (unpaired) electrons. The van der Waals surface area contributed by atoms with Gasteiger partial charge in [0.2, 0.25) is 5.88 Å². The van der Waals surface area contributed by atoms with Crippen LogP contribution in [0.4, 0.5) is 0 Å². The minimum Gasteiger partial charge on any atom is -0.474 e. The number of rotatable bonds is 6. The number of pyridine rings is 1. The lowest BCUT2D eigenvalue weighted by molar-refractivity contribution is 0.162. The Morgan fingerprint density at radius 2 is 1.85 bits per heavy atom. The number of nitrogens with one attached hydrogen (secondary N) is 1. The highest BCUT2D eigenvalue weighted by Crippen LogP contribution is 2.25. The van der Waals surface area contributed by atoms with Crippen LogP contribution in [0.2, 0.25) is 0 Å². The van der Waals surface area contributed by atoms with Crippen LogP contribution in [0, 0.1) is 5.92 Å². The summed E-state index contributed by atoms with van der Waals surface area (Å²) in [5, 5.41) is 3.36. The van der Waals surface area contributed by atoms with Gasteiger partial charge in [-0.2, -0.15) is 0 Å². The van der Waals surface area contributed by atoms with Gasteiger partial charge in [-0.1, -0.05) is 41.5 Å². The highest BCUT2D eigenvalue weighted by Gasteiger charge is 2.19. The smallest absolute Gasteiger partial charge is 0.214 e. The fraction of sp³-hybridized carbons (Fsp3) is 0.706.